The molecule has 0 aromatic heterocycles. The quantitative estimate of drug-likeness (QED) is 0.554. The van der Waals surface area contributed by atoms with E-state index in [-0.39, 0.29) is 19.7 Å². The number of methoxy groups -OCH3 is 1. The van der Waals surface area contributed by atoms with Crippen LogP contribution in [0.5, 0.6) is 0 Å². The average molecular weight is 425 g/mol. The molecule has 0 aliphatic carbocycles. The zero-order chi connectivity index (χ0) is 21.7. The SMILES string of the molecule is COC(=O)C(NC(=O)OCc1ccccc1)C1(SC)CN(C(=O)OC(C)(C)C)C1. The maximum absolute atomic E-state index is 12.4. The summed E-state index contributed by atoms with van der Waals surface area (Å²) in [5.41, 5.74) is 0.215. The summed E-state index contributed by atoms with van der Waals surface area (Å²) >= 11 is 1.39. The van der Waals surface area contributed by atoms with Crippen molar-refractivity contribution in [3.05, 3.63) is 35.9 Å². The second-order valence-electron chi connectivity index (χ2n) is 7.77. The number of benzene rings is 1. The Morgan fingerprint density at radius 2 is 1.83 bits per heavy atom. The summed E-state index contributed by atoms with van der Waals surface area (Å²) in [7, 11) is 1.25. The Morgan fingerprint density at radius 3 is 2.34 bits per heavy atom. The fraction of sp³-hybridized carbons (Fsp3) is 0.550. The van der Waals surface area contributed by atoms with E-state index >= 15 is 0 Å². The fourth-order valence-corrected chi connectivity index (χ4v) is 3.85. The molecule has 0 saturated carbocycles. The molecule has 0 spiro atoms. The molecule has 1 heterocycles. The molecule has 1 aliphatic rings. The first kappa shape index (κ1) is 22.9. The van der Waals surface area contributed by atoms with Crippen LogP contribution in [0.2, 0.25) is 0 Å². The topological polar surface area (TPSA) is 94.2 Å². The molecule has 0 radical (unpaired) electrons. The summed E-state index contributed by atoms with van der Waals surface area (Å²) in [6.45, 7) is 5.91. The van der Waals surface area contributed by atoms with Crippen molar-refractivity contribution in [3.63, 3.8) is 0 Å². The van der Waals surface area contributed by atoms with Crippen LogP contribution in [0.4, 0.5) is 9.59 Å². The molecule has 2 rings (SSSR count). The van der Waals surface area contributed by atoms with E-state index < -0.39 is 34.5 Å². The van der Waals surface area contributed by atoms with Crippen LogP contribution in [-0.2, 0) is 25.6 Å². The number of alkyl carbamates (subject to hydrolysis) is 1. The number of nitrogens with zero attached hydrogens (tertiary/aromatic N) is 1. The summed E-state index contributed by atoms with van der Waals surface area (Å²) in [4.78, 5) is 38.4. The number of hydrogen-bond donors (Lipinski definition) is 1. The van der Waals surface area contributed by atoms with Crippen LogP contribution in [0.15, 0.2) is 30.3 Å². The van der Waals surface area contributed by atoms with Crippen LogP contribution in [0.25, 0.3) is 0 Å². The van der Waals surface area contributed by atoms with Crippen LogP contribution in [0.3, 0.4) is 0 Å². The van der Waals surface area contributed by atoms with E-state index in [2.05, 4.69) is 5.32 Å². The van der Waals surface area contributed by atoms with Crippen molar-refractivity contribution in [2.75, 3.05) is 26.5 Å². The number of likely N-dealkylation sites (tertiary alicyclic amines) is 1. The molecule has 1 N–H and O–H groups in total. The van der Waals surface area contributed by atoms with Gasteiger partial charge in [-0.25, -0.2) is 14.4 Å². The Labute approximate surface area is 175 Å². The maximum Gasteiger partial charge on any atom is 0.410 e. The van der Waals surface area contributed by atoms with Crippen molar-refractivity contribution in [3.8, 4) is 0 Å². The highest BCUT2D eigenvalue weighted by molar-refractivity contribution is 8.00. The lowest BCUT2D eigenvalue weighted by molar-refractivity contribution is -0.145. The van der Waals surface area contributed by atoms with E-state index in [4.69, 9.17) is 14.2 Å². The monoisotopic (exact) mass is 424 g/mol. The lowest BCUT2D eigenvalue weighted by Crippen LogP contribution is -2.72. The van der Waals surface area contributed by atoms with Gasteiger partial charge in [-0.1, -0.05) is 30.3 Å². The number of rotatable bonds is 6. The highest BCUT2D eigenvalue weighted by Crippen LogP contribution is 2.38. The van der Waals surface area contributed by atoms with Gasteiger partial charge in [0.1, 0.15) is 18.2 Å². The third-order valence-corrected chi connectivity index (χ3v) is 5.72. The standard InChI is InChI=1S/C20H28N2O6S/c1-19(2,3)28-18(25)22-12-20(13-22,29-5)15(16(23)26-4)21-17(24)27-11-14-9-7-6-8-10-14/h6-10,15H,11-13H2,1-5H3,(H,21,24). The summed E-state index contributed by atoms with van der Waals surface area (Å²) in [5.74, 6) is -0.597. The molecule has 1 saturated heterocycles. The van der Waals surface area contributed by atoms with Crippen LogP contribution in [0.1, 0.15) is 26.3 Å². The van der Waals surface area contributed by atoms with Gasteiger partial charge in [0.15, 0.2) is 0 Å². The lowest BCUT2D eigenvalue weighted by atomic mass is 9.90. The highest BCUT2D eigenvalue weighted by Gasteiger charge is 2.55. The molecular weight excluding hydrogens is 396 g/mol. The van der Waals surface area contributed by atoms with Crippen molar-refractivity contribution in [1.29, 1.82) is 0 Å². The number of hydrogen-bond acceptors (Lipinski definition) is 7. The second-order valence-corrected chi connectivity index (χ2v) is 8.99. The van der Waals surface area contributed by atoms with Gasteiger partial charge in [-0.3, -0.25) is 0 Å². The van der Waals surface area contributed by atoms with Gasteiger partial charge in [0.25, 0.3) is 0 Å². The predicted octanol–water partition coefficient (Wildman–Crippen LogP) is 2.81. The summed E-state index contributed by atoms with van der Waals surface area (Å²) in [6.07, 6.45) is 0.630. The van der Waals surface area contributed by atoms with Crippen molar-refractivity contribution in [2.45, 2.75) is 43.8 Å². The Hall–Kier alpha value is -2.42. The molecular formula is C20H28N2O6S. The number of ether oxygens (including phenoxy) is 3. The molecule has 8 nitrogen and oxygen atoms in total. The van der Waals surface area contributed by atoms with E-state index in [9.17, 15) is 14.4 Å². The van der Waals surface area contributed by atoms with Gasteiger partial charge in [0.2, 0.25) is 0 Å². The third kappa shape index (κ3) is 6.03. The van der Waals surface area contributed by atoms with Gasteiger partial charge in [0, 0.05) is 13.1 Å². The Bertz CT molecular complexity index is 728. The van der Waals surface area contributed by atoms with Crippen LogP contribution in [-0.4, -0.2) is 65.9 Å². The van der Waals surface area contributed by atoms with Crippen molar-refractivity contribution in [1.82, 2.24) is 10.2 Å². The normalized spacial score (nSPS) is 16.2. The van der Waals surface area contributed by atoms with Gasteiger partial charge in [0.05, 0.1) is 11.9 Å². The molecule has 29 heavy (non-hydrogen) atoms. The summed E-state index contributed by atoms with van der Waals surface area (Å²) < 4.78 is 14.7. The van der Waals surface area contributed by atoms with Gasteiger partial charge >= 0.3 is 18.2 Å². The first-order chi connectivity index (χ1) is 13.6. The first-order valence-corrected chi connectivity index (χ1v) is 10.4. The van der Waals surface area contributed by atoms with E-state index in [1.807, 2.05) is 36.6 Å². The number of thioether (sulfide) groups is 1. The molecule has 9 heteroatoms. The smallest absolute Gasteiger partial charge is 0.410 e. The average Bonchev–Trinajstić information content (AvgIpc) is 2.63. The van der Waals surface area contributed by atoms with E-state index in [1.54, 1.807) is 20.8 Å². The minimum absolute atomic E-state index is 0.0802. The molecule has 1 aromatic rings. The van der Waals surface area contributed by atoms with Gasteiger partial charge < -0.3 is 24.4 Å². The summed E-state index contributed by atoms with van der Waals surface area (Å²) in [6, 6.07) is 8.25. The number of nitrogens with one attached hydrogen (secondary N) is 1. The number of carbonyl (C=O) groups excluding carboxylic acids is 3. The first-order valence-electron chi connectivity index (χ1n) is 9.18. The molecule has 1 aromatic carbocycles. The lowest BCUT2D eigenvalue weighted by Gasteiger charge is -2.51. The second kappa shape index (κ2) is 9.39. The minimum atomic E-state index is -0.968. The van der Waals surface area contributed by atoms with Gasteiger partial charge in [-0.2, -0.15) is 11.8 Å². The van der Waals surface area contributed by atoms with E-state index in [0.717, 1.165) is 5.56 Å². The number of amides is 2. The van der Waals surface area contributed by atoms with Crippen molar-refractivity contribution >= 4 is 29.9 Å². The highest BCUT2D eigenvalue weighted by atomic mass is 32.2. The van der Waals surface area contributed by atoms with Crippen molar-refractivity contribution < 1.29 is 28.6 Å². The van der Waals surface area contributed by atoms with Gasteiger partial charge in [-0.05, 0) is 32.6 Å². The van der Waals surface area contributed by atoms with Crippen LogP contribution in [0, 0.1) is 0 Å². The van der Waals surface area contributed by atoms with Crippen LogP contribution < -0.4 is 5.32 Å². The zero-order valence-corrected chi connectivity index (χ0v) is 18.2. The number of carbonyl (C=O) groups is 3. The molecule has 2 amide bonds. The largest absolute Gasteiger partial charge is 0.467 e. The third-order valence-electron chi connectivity index (χ3n) is 4.41. The van der Waals surface area contributed by atoms with Crippen molar-refractivity contribution in [2.24, 2.45) is 0 Å². The molecule has 1 fully saturated rings. The molecule has 0 bridgehead atoms. The van der Waals surface area contributed by atoms with E-state index in [1.165, 1.54) is 23.8 Å². The molecule has 160 valence electrons. The maximum atomic E-state index is 12.4. The Morgan fingerprint density at radius 1 is 1.21 bits per heavy atom. The van der Waals surface area contributed by atoms with Gasteiger partial charge in [-0.15, -0.1) is 0 Å². The molecule has 1 unspecified atom stereocenters. The predicted molar refractivity (Wildman–Crippen MR) is 110 cm³/mol. The van der Waals surface area contributed by atoms with Crippen LogP contribution >= 0.6 is 11.8 Å². The molecule has 1 aliphatic heterocycles. The summed E-state index contributed by atoms with van der Waals surface area (Å²) in [5, 5.41) is 2.60. The minimum Gasteiger partial charge on any atom is -0.467 e. The Kier molecular flexibility index (Phi) is 7.40. The zero-order valence-electron chi connectivity index (χ0n) is 17.4. The Balaban J connectivity index is 2.01. The molecule has 1 atom stereocenters. The van der Waals surface area contributed by atoms with E-state index in [0.29, 0.717) is 0 Å². The fourth-order valence-electron chi connectivity index (χ4n) is 2.89. The number of esters is 1.